The Morgan fingerprint density at radius 2 is 1.71 bits per heavy atom. The molecule has 8 nitrogen and oxygen atoms in total. The second-order valence-electron chi connectivity index (χ2n) is 4.88. The summed E-state index contributed by atoms with van der Waals surface area (Å²) in [6.07, 6.45) is 5.20. The van der Waals surface area contributed by atoms with Gasteiger partial charge >= 0.3 is 11.9 Å². The number of hydrogen-bond donors (Lipinski definition) is 1. The highest BCUT2D eigenvalue weighted by Crippen LogP contribution is 2.17. The smallest absolute Gasteiger partial charge is 0.337 e. The van der Waals surface area contributed by atoms with Crippen LogP contribution < -0.4 is 5.32 Å². The van der Waals surface area contributed by atoms with Crippen LogP contribution in [0, 0.1) is 0 Å². The Kier molecular flexibility index (Phi) is 5.67. The zero-order chi connectivity index (χ0) is 17.5. The van der Waals surface area contributed by atoms with Gasteiger partial charge in [-0.3, -0.25) is 4.79 Å². The predicted octanol–water partition coefficient (Wildman–Crippen LogP) is 1.49. The number of aromatic nitrogens is 2. The second kappa shape index (κ2) is 7.91. The molecule has 0 radical (unpaired) electrons. The van der Waals surface area contributed by atoms with E-state index in [-0.39, 0.29) is 23.5 Å². The molecule has 1 N–H and O–H groups in total. The molecule has 2 aromatic rings. The molecule has 0 unspecified atom stereocenters. The number of amides is 1. The minimum Gasteiger partial charge on any atom is -0.465 e. The fraction of sp³-hybridized carbons (Fsp3) is 0.250. The van der Waals surface area contributed by atoms with Gasteiger partial charge in [0.1, 0.15) is 0 Å². The standard InChI is InChI=1S/C16H17N3O5/c1-23-15(21)11-7-12(16(22)24-2)9-13(8-11)18-14(20)3-5-19-6-4-17-10-19/h4,6-10H,3,5H2,1-2H3,(H,18,20). The highest BCUT2D eigenvalue weighted by Gasteiger charge is 2.15. The van der Waals surface area contributed by atoms with E-state index in [4.69, 9.17) is 0 Å². The van der Waals surface area contributed by atoms with Crippen molar-refractivity contribution >= 4 is 23.5 Å². The number of hydrogen-bond acceptors (Lipinski definition) is 6. The van der Waals surface area contributed by atoms with E-state index in [1.807, 2.05) is 0 Å². The molecule has 0 aliphatic rings. The molecule has 2 rings (SSSR count). The third-order valence-corrected chi connectivity index (χ3v) is 3.22. The van der Waals surface area contributed by atoms with Gasteiger partial charge < -0.3 is 19.4 Å². The summed E-state index contributed by atoms with van der Waals surface area (Å²) < 4.78 is 11.1. The van der Waals surface area contributed by atoms with Crippen LogP contribution in [-0.2, 0) is 20.8 Å². The van der Waals surface area contributed by atoms with E-state index in [9.17, 15) is 14.4 Å². The lowest BCUT2D eigenvalue weighted by atomic mass is 10.1. The van der Waals surface area contributed by atoms with Crippen molar-refractivity contribution in [3.63, 3.8) is 0 Å². The molecule has 24 heavy (non-hydrogen) atoms. The minimum atomic E-state index is -0.616. The molecule has 8 heteroatoms. The van der Waals surface area contributed by atoms with Gasteiger partial charge in [-0.15, -0.1) is 0 Å². The molecule has 0 fully saturated rings. The van der Waals surface area contributed by atoms with E-state index >= 15 is 0 Å². The highest BCUT2D eigenvalue weighted by atomic mass is 16.5. The first-order valence-electron chi connectivity index (χ1n) is 7.11. The van der Waals surface area contributed by atoms with Crippen LogP contribution in [0.4, 0.5) is 5.69 Å². The van der Waals surface area contributed by atoms with Crippen LogP contribution in [0.1, 0.15) is 27.1 Å². The van der Waals surface area contributed by atoms with Crippen LogP contribution in [0.5, 0.6) is 0 Å². The minimum absolute atomic E-state index is 0.144. The Morgan fingerprint density at radius 1 is 1.08 bits per heavy atom. The molecular formula is C16H17N3O5. The number of aryl methyl sites for hydroxylation is 1. The normalized spacial score (nSPS) is 10.1. The fourth-order valence-electron chi connectivity index (χ4n) is 2.04. The Morgan fingerprint density at radius 3 is 2.21 bits per heavy atom. The first-order valence-corrected chi connectivity index (χ1v) is 7.11. The van der Waals surface area contributed by atoms with Gasteiger partial charge in [0.25, 0.3) is 0 Å². The lowest BCUT2D eigenvalue weighted by molar-refractivity contribution is -0.116. The molecule has 1 aromatic carbocycles. The number of esters is 2. The molecule has 0 aliphatic carbocycles. The fourth-order valence-corrected chi connectivity index (χ4v) is 2.04. The zero-order valence-electron chi connectivity index (χ0n) is 13.3. The van der Waals surface area contributed by atoms with Gasteiger partial charge in [-0.2, -0.15) is 0 Å². The van der Waals surface area contributed by atoms with Crippen molar-refractivity contribution in [2.75, 3.05) is 19.5 Å². The molecule has 0 saturated heterocycles. The number of rotatable bonds is 6. The quantitative estimate of drug-likeness (QED) is 0.805. The molecule has 1 amide bonds. The van der Waals surface area contributed by atoms with Crippen molar-refractivity contribution in [3.8, 4) is 0 Å². The molecule has 1 aromatic heterocycles. The average Bonchev–Trinajstić information content (AvgIpc) is 3.11. The van der Waals surface area contributed by atoms with Gasteiger partial charge in [0.05, 0.1) is 31.7 Å². The van der Waals surface area contributed by atoms with Crippen molar-refractivity contribution in [2.24, 2.45) is 0 Å². The van der Waals surface area contributed by atoms with Gasteiger partial charge in [-0.1, -0.05) is 0 Å². The summed E-state index contributed by atoms with van der Waals surface area (Å²) in [6, 6.07) is 4.22. The predicted molar refractivity (Wildman–Crippen MR) is 84.6 cm³/mol. The van der Waals surface area contributed by atoms with Crippen LogP contribution in [0.15, 0.2) is 36.9 Å². The summed E-state index contributed by atoms with van der Waals surface area (Å²) in [5.41, 5.74) is 0.601. The van der Waals surface area contributed by atoms with Crippen molar-refractivity contribution in [3.05, 3.63) is 48.0 Å². The number of nitrogens with one attached hydrogen (secondary N) is 1. The average molecular weight is 331 g/mol. The maximum atomic E-state index is 12.0. The Balaban J connectivity index is 2.13. The summed E-state index contributed by atoms with van der Waals surface area (Å²) in [5, 5.41) is 2.65. The van der Waals surface area contributed by atoms with E-state index in [0.717, 1.165) is 0 Å². The molecule has 0 bridgehead atoms. The third kappa shape index (κ3) is 4.42. The van der Waals surface area contributed by atoms with Gasteiger partial charge in [0.15, 0.2) is 0 Å². The van der Waals surface area contributed by atoms with Gasteiger partial charge in [0, 0.05) is 31.0 Å². The summed E-state index contributed by atoms with van der Waals surface area (Å²) in [4.78, 5) is 39.3. The van der Waals surface area contributed by atoms with Gasteiger partial charge in [-0.05, 0) is 18.2 Å². The van der Waals surface area contributed by atoms with Gasteiger partial charge in [-0.25, -0.2) is 14.6 Å². The van der Waals surface area contributed by atoms with Gasteiger partial charge in [0.2, 0.25) is 5.91 Å². The zero-order valence-corrected chi connectivity index (χ0v) is 13.3. The van der Waals surface area contributed by atoms with Crippen molar-refractivity contribution in [1.82, 2.24) is 9.55 Å². The van der Waals surface area contributed by atoms with Crippen molar-refractivity contribution in [1.29, 1.82) is 0 Å². The van der Waals surface area contributed by atoms with Crippen LogP contribution in [-0.4, -0.2) is 41.6 Å². The second-order valence-corrected chi connectivity index (χ2v) is 4.88. The molecule has 0 atom stereocenters. The number of nitrogens with zero attached hydrogens (tertiary/aromatic N) is 2. The maximum absolute atomic E-state index is 12.0. The Labute approximate surface area is 138 Å². The van der Waals surface area contributed by atoms with E-state index in [1.54, 1.807) is 23.3 Å². The summed E-state index contributed by atoms with van der Waals surface area (Å²) >= 11 is 0. The van der Waals surface area contributed by atoms with Crippen LogP contribution in [0.3, 0.4) is 0 Å². The first kappa shape index (κ1) is 17.2. The lowest BCUT2D eigenvalue weighted by Crippen LogP contribution is -2.15. The Bertz CT molecular complexity index is 706. The molecule has 0 spiro atoms. The van der Waals surface area contributed by atoms with E-state index < -0.39 is 11.9 Å². The van der Waals surface area contributed by atoms with Crippen LogP contribution in [0.25, 0.3) is 0 Å². The lowest BCUT2D eigenvalue weighted by Gasteiger charge is -2.10. The molecule has 126 valence electrons. The number of methoxy groups -OCH3 is 2. The van der Waals surface area contributed by atoms with E-state index in [1.165, 1.54) is 32.4 Å². The summed E-state index contributed by atoms with van der Waals surface area (Å²) in [5.74, 6) is -1.49. The third-order valence-electron chi connectivity index (χ3n) is 3.22. The summed E-state index contributed by atoms with van der Waals surface area (Å²) in [6.45, 7) is 0.465. The number of ether oxygens (including phenoxy) is 2. The first-order chi connectivity index (χ1) is 11.5. The molecule has 0 saturated carbocycles. The van der Waals surface area contributed by atoms with Crippen LogP contribution >= 0.6 is 0 Å². The highest BCUT2D eigenvalue weighted by molar-refractivity contribution is 5.99. The number of imidazole rings is 1. The summed E-state index contributed by atoms with van der Waals surface area (Å²) in [7, 11) is 2.47. The largest absolute Gasteiger partial charge is 0.465 e. The van der Waals surface area contributed by atoms with E-state index in [2.05, 4.69) is 19.8 Å². The number of anilines is 1. The maximum Gasteiger partial charge on any atom is 0.337 e. The monoisotopic (exact) mass is 331 g/mol. The van der Waals surface area contributed by atoms with Crippen molar-refractivity contribution < 1.29 is 23.9 Å². The number of carbonyl (C=O) groups is 3. The van der Waals surface area contributed by atoms with Crippen molar-refractivity contribution in [2.45, 2.75) is 13.0 Å². The molecular weight excluding hydrogens is 314 g/mol. The van der Waals surface area contributed by atoms with Crippen LogP contribution in [0.2, 0.25) is 0 Å². The van der Waals surface area contributed by atoms with E-state index in [0.29, 0.717) is 12.2 Å². The number of benzene rings is 1. The Hall–Kier alpha value is -3.16. The molecule has 0 aliphatic heterocycles. The number of carbonyl (C=O) groups excluding carboxylic acids is 3. The molecule has 1 heterocycles. The topological polar surface area (TPSA) is 99.5 Å². The SMILES string of the molecule is COC(=O)c1cc(NC(=O)CCn2ccnc2)cc(C(=O)OC)c1.